The van der Waals surface area contributed by atoms with E-state index in [2.05, 4.69) is 41.2 Å². The van der Waals surface area contributed by atoms with E-state index in [1.54, 1.807) is 0 Å². The van der Waals surface area contributed by atoms with Crippen LogP contribution in [0.1, 0.15) is 43.7 Å². The Hall–Kier alpha value is -1.19. The Morgan fingerprint density at radius 1 is 1.25 bits per heavy atom. The summed E-state index contributed by atoms with van der Waals surface area (Å²) < 4.78 is 0. The fourth-order valence-electron chi connectivity index (χ4n) is 4.06. The molecule has 2 aliphatic rings. The number of aliphatic hydroxyl groups is 1. The lowest BCUT2D eigenvalue weighted by atomic mass is 9.86. The van der Waals surface area contributed by atoms with E-state index in [1.165, 1.54) is 12.0 Å². The Balaban J connectivity index is 1.97. The zero-order chi connectivity index (χ0) is 14.2. The number of fused-ring (bicyclic) bond motifs is 1. The van der Waals surface area contributed by atoms with Gasteiger partial charge in [0.2, 0.25) is 0 Å². The summed E-state index contributed by atoms with van der Waals surface area (Å²) in [4.78, 5) is 6.79. The minimum absolute atomic E-state index is 0.203. The third-order valence-electron chi connectivity index (χ3n) is 5.13. The quantitative estimate of drug-likeness (QED) is 0.853. The van der Waals surface area contributed by atoms with Crippen molar-refractivity contribution >= 4 is 5.71 Å². The predicted octanol–water partition coefficient (Wildman–Crippen LogP) is 2.81. The van der Waals surface area contributed by atoms with Crippen molar-refractivity contribution < 1.29 is 5.11 Å². The molecular formula is C17H24N2O. The molecule has 0 spiro atoms. The summed E-state index contributed by atoms with van der Waals surface area (Å²) in [5, 5.41) is 11.3. The molecule has 20 heavy (non-hydrogen) atoms. The summed E-state index contributed by atoms with van der Waals surface area (Å²) in [7, 11) is 3.98. The van der Waals surface area contributed by atoms with Crippen LogP contribution in [-0.4, -0.2) is 41.5 Å². The third-order valence-corrected chi connectivity index (χ3v) is 5.13. The van der Waals surface area contributed by atoms with Gasteiger partial charge in [-0.1, -0.05) is 36.8 Å². The first-order valence-corrected chi connectivity index (χ1v) is 7.62. The average molecular weight is 272 g/mol. The maximum atomic E-state index is 11.3. The van der Waals surface area contributed by atoms with E-state index in [0.717, 1.165) is 31.4 Å². The van der Waals surface area contributed by atoms with E-state index in [0.29, 0.717) is 6.04 Å². The molecule has 1 aliphatic carbocycles. The predicted molar refractivity (Wildman–Crippen MR) is 82.1 cm³/mol. The maximum absolute atomic E-state index is 11.3. The van der Waals surface area contributed by atoms with Crippen molar-refractivity contribution in [2.75, 3.05) is 14.1 Å². The second-order valence-corrected chi connectivity index (χ2v) is 6.15. The van der Waals surface area contributed by atoms with Gasteiger partial charge < -0.3 is 5.11 Å². The van der Waals surface area contributed by atoms with Crippen molar-refractivity contribution in [3.05, 3.63) is 35.9 Å². The number of hydrogen-bond acceptors (Lipinski definition) is 3. The number of nitrogens with zero attached hydrogens (tertiary/aromatic N) is 2. The van der Waals surface area contributed by atoms with Gasteiger partial charge in [0.25, 0.3) is 0 Å². The third kappa shape index (κ3) is 2.09. The summed E-state index contributed by atoms with van der Waals surface area (Å²) in [5.41, 5.74) is 1.57. The van der Waals surface area contributed by atoms with Crippen LogP contribution < -0.4 is 0 Å². The van der Waals surface area contributed by atoms with Gasteiger partial charge in [0.05, 0.1) is 0 Å². The Morgan fingerprint density at radius 2 is 2.00 bits per heavy atom. The molecule has 1 aromatic rings. The molecule has 0 bridgehead atoms. The van der Waals surface area contributed by atoms with Crippen molar-refractivity contribution in [3.63, 3.8) is 0 Å². The van der Waals surface area contributed by atoms with Crippen LogP contribution in [0, 0.1) is 0 Å². The van der Waals surface area contributed by atoms with Crippen LogP contribution in [0.2, 0.25) is 0 Å². The lowest BCUT2D eigenvalue weighted by Crippen LogP contribution is -2.48. The highest BCUT2D eigenvalue weighted by Gasteiger charge is 2.53. The molecule has 0 aromatic heterocycles. The molecule has 0 radical (unpaired) electrons. The summed E-state index contributed by atoms with van der Waals surface area (Å²) in [6, 6.07) is 11.0. The molecule has 3 atom stereocenters. The molecule has 1 heterocycles. The molecule has 2 fully saturated rings. The SMILES string of the molecule is CN=C1CCCCC2N(C)C(c3ccccc3)CC12O. The molecule has 0 amide bonds. The van der Waals surface area contributed by atoms with Crippen LogP contribution in [0.5, 0.6) is 0 Å². The summed E-state index contributed by atoms with van der Waals surface area (Å²) in [6.45, 7) is 0. The number of likely N-dealkylation sites (tertiary alicyclic amines) is 1. The standard InChI is InChI=1S/C17H24N2O/c1-18-15-10-6-7-11-16-17(15,20)12-14(19(16)2)13-8-4-3-5-9-13/h3-5,8-9,14,16,20H,6-7,10-12H2,1-2H3. The summed E-state index contributed by atoms with van der Waals surface area (Å²) >= 11 is 0. The normalized spacial score (nSPS) is 36.9. The largest absolute Gasteiger partial charge is 0.382 e. The van der Waals surface area contributed by atoms with Gasteiger partial charge in [0.15, 0.2) is 0 Å². The second kappa shape index (κ2) is 5.30. The van der Waals surface area contributed by atoms with Crippen LogP contribution >= 0.6 is 0 Å². The highest BCUT2D eigenvalue weighted by atomic mass is 16.3. The zero-order valence-corrected chi connectivity index (χ0v) is 12.4. The van der Waals surface area contributed by atoms with Crippen molar-refractivity contribution in [2.24, 2.45) is 4.99 Å². The van der Waals surface area contributed by atoms with Crippen molar-refractivity contribution in [1.82, 2.24) is 4.90 Å². The van der Waals surface area contributed by atoms with E-state index in [9.17, 15) is 5.11 Å². The molecule has 3 unspecified atom stereocenters. The number of rotatable bonds is 1. The van der Waals surface area contributed by atoms with Crippen LogP contribution in [0.4, 0.5) is 0 Å². The summed E-state index contributed by atoms with van der Waals surface area (Å²) in [6.07, 6.45) is 5.10. The van der Waals surface area contributed by atoms with Gasteiger partial charge in [0.1, 0.15) is 5.60 Å². The molecular weight excluding hydrogens is 248 g/mol. The first kappa shape index (κ1) is 13.8. The second-order valence-electron chi connectivity index (χ2n) is 6.15. The molecule has 1 aromatic carbocycles. The highest BCUT2D eigenvalue weighted by Crippen LogP contribution is 2.45. The van der Waals surface area contributed by atoms with Gasteiger partial charge in [-0.15, -0.1) is 0 Å². The molecule has 3 nitrogen and oxygen atoms in total. The number of hydrogen-bond donors (Lipinski definition) is 1. The van der Waals surface area contributed by atoms with E-state index in [4.69, 9.17) is 0 Å². The molecule has 1 saturated carbocycles. The smallest absolute Gasteiger partial charge is 0.119 e. The topological polar surface area (TPSA) is 35.8 Å². The van der Waals surface area contributed by atoms with Crippen molar-refractivity contribution in [2.45, 2.75) is 49.8 Å². The van der Waals surface area contributed by atoms with Gasteiger partial charge in [-0.05, 0) is 31.9 Å². The van der Waals surface area contributed by atoms with Gasteiger partial charge in [-0.2, -0.15) is 0 Å². The molecule has 108 valence electrons. The van der Waals surface area contributed by atoms with Crippen molar-refractivity contribution in [1.29, 1.82) is 0 Å². The molecule has 3 heteroatoms. The van der Waals surface area contributed by atoms with E-state index in [1.807, 2.05) is 13.1 Å². The highest BCUT2D eigenvalue weighted by molar-refractivity contribution is 5.93. The molecule has 1 aliphatic heterocycles. The Kier molecular flexibility index (Phi) is 3.65. The molecule has 1 saturated heterocycles. The lowest BCUT2D eigenvalue weighted by Gasteiger charge is -2.32. The van der Waals surface area contributed by atoms with Gasteiger partial charge in [-0.3, -0.25) is 9.89 Å². The van der Waals surface area contributed by atoms with E-state index in [-0.39, 0.29) is 6.04 Å². The fraction of sp³-hybridized carbons (Fsp3) is 0.588. The summed E-state index contributed by atoms with van der Waals surface area (Å²) in [5.74, 6) is 0. The Bertz CT molecular complexity index is 499. The van der Waals surface area contributed by atoms with Crippen LogP contribution in [0.25, 0.3) is 0 Å². The Labute approximate surface area is 121 Å². The van der Waals surface area contributed by atoms with Crippen LogP contribution in [0.15, 0.2) is 35.3 Å². The fourth-order valence-corrected chi connectivity index (χ4v) is 4.06. The minimum Gasteiger partial charge on any atom is -0.382 e. The molecule has 1 N–H and O–H groups in total. The first-order valence-electron chi connectivity index (χ1n) is 7.62. The van der Waals surface area contributed by atoms with Gasteiger partial charge in [0, 0.05) is 31.3 Å². The number of likely N-dealkylation sites (N-methyl/N-ethyl adjacent to an activating group) is 1. The zero-order valence-electron chi connectivity index (χ0n) is 12.4. The van der Waals surface area contributed by atoms with E-state index >= 15 is 0 Å². The minimum atomic E-state index is -0.736. The molecule has 3 rings (SSSR count). The first-order chi connectivity index (χ1) is 9.66. The number of benzene rings is 1. The van der Waals surface area contributed by atoms with Gasteiger partial charge >= 0.3 is 0 Å². The van der Waals surface area contributed by atoms with Crippen LogP contribution in [-0.2, 0) is 0 Å². The van der Waals surface area contributed by atoms with E-state index < -0.39 is 5.60 Å². The van der Waals surface area contributed by atoms with Crippen molar-refractivity contribution in [3.8, 4) is 0 Å². The van der Waals surface area contributed by atoms with Gasteiger partial charge in [-0.25, -0.2) is 0 Å². The van der Waals surface area contributed by atoms with Crippen LogP contribution in [0.3, 0.4) is 0 Å². The monoisotopic (exact) mass is 272 g/mol. The Morgan fingerprint density at radius 3 is 2.70 bits per heavy atom. The number of aliphatic imine (C=N–C) groups is 1. The average Bonchev–Trinajstić information content (AvgIpc) is 2.63. The maximum Gasteiger partial charge on any atom is 0.119 e. The lowest BCUT2D eigenvalue weighted by molar-refractivity contribution is 0.0681.